The zero-order valence-corrected chi connectivity index (χ0v) is 9.92. The van der Waals surface area contributed by atoms with Gasteiger partial charge in [0.15, 0.2) is 0 Å². The molecule has 1 spiro atoms. The van der Waals surface area contributed by atoms with Crippen LogP contribution in [0.5, 0.6) is 0 Å². The molecule has 4 atom stereocenters. The van der Waals surface area contributed by atoms with Crippen molar-refractivity contribution in [2.45, 2.75) is 45.3 Å². The highest BCUT2D eigenvalue weighted by molar-refractivity contribution is 5.36. The Morgan fingerprint density at radius 1 is 1.40 bits per heavy atom. The molecule has 3 aliphatic rings. The van der Waals surface area contributed by atoms with E-state index in [1.807, 2.05) is 0 Å². The molecule has 0 radical (unpaired) electrons. The van der Waals surface area contributed by atoms with E-state index in [9.17, 15) is 0 Å². The van der Waals surface area contributed by atoms with E-state index in [0.717, 1.165) is 0 Å². The molecule has 0 aromatic heterocycles. The van der Waals surface area contributed by atoms with Crippen LogP contribution in [0.3, 0.4) is 0 Å². The summed E-state index contributed by atoms with van der Waals surface area (Å²) in [5, 5.41) is 0. The van der Waals surface area contributed by atoms with Gasteiger partial charge in [0.05, 0.1) is 11.7 Å². The monoisotopic (exact) mass is 204 g/mol. The van der Waals surface area contributed by atoms with Crippen LogP contribution in [-0.2, 0) is 4.74 Å². The van der Waals surface area contributed by atoms with Gasteiger partial charge in [-0.15, -0.1) is 0 Å². The zero-order chi connectivity index (χ0) is 10.8. The molecule has 1 nitrogen and oxygen atoms in total. The second kappa shape index (κ2) is 2.57. The highest BCUT2D eigenvalue weighted by atomic mass is 16.5. The van der Waals surface area contributed by atoms with Gasteiger partial charge in [0, 0.05) is 11.3 Å². The summed E-state index contributed by atoms with van der Waals surface area (Å²) in [5.41, 5.74) is 1.54. The molecule has 2 fully saturated rings. The lowest BCUT2D eigenvalue weighted by molar-refractivity contribution is -0.125. The van der Waals surface area contributed by atoms with Crippen LogP contribution < -0.4 is 0 Å². The maximum atomic E-state index is 6.33. The summed E-state index contributed by atoms with van der Waals surface area (Å²) >= 11 is 0. The predicted octanol–water partition coefficient (Wildman–Crippen LogP) is 3.32. The van der Waals surface area contributed by atoms with Crippen molar-refractivity contribution < 1.29 is 4.74 Å². The van der Waals surface area contributed by atoms with E-state index < -0.39 is 0 Å². The smallest absolute Gasteiger partial charge is 0.0962 e. The molecule has 0 amide bonds. The van der Waals surface area contributed by atoms with Crippen LogP contribution in [0, 0.1) is 17.3 Å². The molecule has 0 aromatic carbocycles. The lowest BCUT2D eigenvalue weighted by Gasteiger charge is -2.48. The van der Waals surface area contributed by atoms with E-state index >= 15 is 0 Å². The molecule has 3 rings (SSSR count). The van der Waals surface area contributed by atoms with Crippen LogP contribution in [0.25, 0.3) is 0 Å². The first-order valence-corrected chi connectivity index (χ1v) is 6.05. The van der Waals surface area contributed by atoms with Gasteiger partial charge in [0.25, 0.3) is 0 Å². The Labute approximate surface area is 92.2 Å². The lowest BCUT2D eigenvalue weighted by Crippen LogP contribution is -2.50. The Balaban J connectivity index is 2.11. The van der Waals surface area contributed by atoms with Crippen molar-refractivity contribution in [1.82, 2.24) is 0 Å². The molecule has 2 heterocycles. The van der Waals surface area contributed by atoms with Crippen LogP contribution in [0.2, 0.25) is 0 Å². The molecule has 2 aliphatic heterocycles. The van der Waals surface area contributed by atoms with Gasteiger partial charge in [0.2, 0.25) is 0 Å². The van der Waals surface area contributed by atoms with Gasteiger partial charge in [-0.05, 0) is 18.8 Å². The third kappa shape index (κ3) is 0.932. The minimum Gasteiger partial charge on any atom is -0.362 e. The fraction of sp³-hybridized carbons (Fsp3) is 0.714. The van der Waals surface area contributed by atoms with Gasteiger partial charge in [0.1, 0.15) is 0 Å². The van der Waals surface area contributed by atoms with E-state index in [1.54, 1.807) is 0 Å². The molecule has 1 heteroatoms. The number of hydrogen-bond donors (Lipinski definition) is 0. The molecule has 82 valence electrons. The molecule has 1 saturated carbocycles. The summed E-state index contributed by atoms with van der Waals surface area (Å²) in [4.78, 5) is 0. The largest absolute Gasteiger partial charge is 0.362 e. The quantitative estimate of drug-likeness (QED) is 0.550. The molecule has 1 saturated heterocycles. The highest BCUT2D eigenvalue weighted by Gasteiger charge is 2.59. The summed E-state index contributed by atoms with van der Waals surface area (Å²) < 4.78 is 6.33. The van der Waals surface area contributed by atoms with Gasteiger partial charge in [-0.3, -0.25) is 0 Å². The SMILES string of the molecule is C=C1[C@@H]2CC[C@@H](C)[C@@]23C=C[C@H](O3)C1(C)C. The fourth-order valence-electron chi connectivity index (χ4n) is 3.69. The van der Waals surface area contributed by atoms with Crippen molar-refractivity contribution in [3.05, 3.63) is 24.3 Å². The first-order valence-electron chi connectivity index (χ1n) is 6.05. The number of ether oxygens (including phenoxy) is 1. The first-order chi connectivity index (χ1) is 6.98. The van der Waals surface area contributed by atoms with Crippen molar-refractivity contribution in [2.75, 3.05) is 0 Å². The Kier molecular flexibility index (Phi) is 1.65. The van der Waals surface area contributed by atoms with E-state index in [-0.39, 0.29) is 17.1 Å². The van der Waals surface area contributed by atoms with Gasteiger partial charge < -0.3 is 4.74 Å². The van der Waals surface area contributed by atoms with Gasteiger partial charge in [-0.1, -0.05) is 45.1 Å². The molecule has 0 unspecified atom stereocenters. The van der Waals surface area contributed by atoms with Crippen LogP contribution in [0.4, 0.5) is 0 Å². The summed E-state index contributed by atoms with van der Waals surface area (Å²) in [7, 11) is 0. The average molecular weight is 204 g/mol. The number of fused-ring (bicyclic) bond motifs is 1. The third-order valence-corrected chi connectivity index (χ3v) is 5.03. The van der Waals surface area contributed by atoms with Crippen molar-refractivity contribution in [3.63, 3.8) is 0 Å². The Bertz CT molecular complexity index is 352. The van der Waals surface area contributed by atoms with Crippen molar-refractivity contribution in [1.29, 1.82) is 0 Å². The third-order valence-electron chi connectivity index (χ3n) is 5.03. The van der Waals surface area contributed by atoms with Gasteiger partial charge in [-0.25, -0.2) is 0 Å². The van der Waals surface area contributed by atoms with Crippen LogP contribution in [0.15, 0.2) is 24.3 Å². The van der Waals surface area contributed by atoms with E-state index in [0.29, 0.717) is 11.8 Å². The minimum absolute atomic E-state index is 0.0112. The first kappa shape index (κ1) is 9.65. The van der Waals surface area contributed by atoms with E-state index in [4.69, 9.17) is 4.74 Å². The van der Waals surface area contributed by atoms with Crippen molar-refractivity contribution >= 4 is 0 Å². The normalized spacial score (nSPS) is 50.9. The van der Waals surface area contributed by atoms with E-state index in [1.165, 1.54) is 18.4 Å². The zero-order valence-electron chi connectivity index (χ0n) is 9.92. The number of rotatable bonds is 0. The summed E-state index contributed by atoms with van der Waals surface area (Å²) in [6.07, 6.45) is 7.38. The summed E-state index contributed by atoms with van der Waals surface area (Å²) in [6, 6.07) is 0. The highest BCUT2D eigenvalue weighted by Crippen LogP contribution is 2.60. The topological polar surface area (TPSA) is 9.23 Å². The van der Waals surface area contributed by atoms with Crippen LogP contribution in [-0.4, -0.2) is 11.7 Å². The maximum Gasteiger partial charge on any atom is 0.0962 e. The fourth-order valence-corrected chi connectivity index (χ4v) is 3.69. The minimum atomic E-state index is 0.0112. The van der Waals surface area contributed by atoms with E-state index in [2.05, 4.69) is 39.5 Å². The Hall–Kier alpha value is -0.560. The molecule has 15 heavy (non-hydrogen) atoms. The van der Waals surface area contributed by atoms with Gasteiger partial charge in [-0.2, -0.15) is 0 Å². The number of hydrogen-bond acceptors (Lipinski definition) is 1. The molecule has 0 aromatic rings. The second-order valence-corrected chi connectivity index (χ2v) is 6.03. The second-order valence-electron chi connectivity index (χ2n) is 6.03. The predicted molar refractivity (Wildman–Crippen MR) is 61.6 cm³/mol. The van der Waals surface area contributed by atoms with Crippen LogP contribution in [0.1, 0.15) is 33.6 Å². The molecule has 2 bridgehead atoms. The summed E-state index contributed by atoms with van der Waals surface area (Å²) in [6.45, 7) is 11.2. The summed E-state index contributed by atoms with van der Waals surface area (Å²) in [5.74, 6) is 1.20. The van der Waals surface area contributed by atoms with Gasteiger partial charge >= 0.3 is 0 Å². The molecular formula is C14H20O. The molecule has 1 aliphatic carbocycles. The molecule has 0 N–H and O–H groups in total. The Morgan fingerprint density at radius 2 is 2.13 bits per heavy atom. The Morgan fingerprint density at radius 3 is 2.87 bits per heavy atom. The standard InChI is InChI=1S/C14H20O/c1-9-5-6-11-10(2)13(3,4)12-7-8-14(9,11)15-12/h7-9,11-12H,2,5-6H2,1,3-4H3/t9-,11+,12+,14+/m1/s1. The lowest BCUT2D eigenvalue weighted by atomic mass is 9.68. The average Bonchev–Trinajstić information content (AvgIpc) is 2.72. The molecular weight excluding hydrogens is 184 g/mol. The van der Waals surface area contributed by atoms with Crippen molar-refractivity contribution in [3.8, 4) is 0 Å². The van der Waals surface area contributed by atoms with Crippen molar-refractivity contribution in [2.24, 2.45) is 17.3 Å². The maximum absolute atomic E-state index is 6.33. The van der Waals surface area contributed by atoms with Crippen LogP contribution >= 0.6 is 0 Å².